The maximum atomic E-state index is 12.5. The Morgan fingerprint density at radius 2 is 1.46 bits per heavy atom. The lowest BCUT2D eigenvalue weighted by atomic mass is 10.1. The lowest BCUT2D eigenvalue weighted by Crippen LogP contribution is -2.39. The molecule has 1 aromatic heterocycles. The number of rotatable bonds is 3. The van der Waals surface area contributed by atoms with Crippen molar-refractivity contribution in [1.82, 2.24) is 9.13 Å². The van der Waals surface area contributed by atoms with Crippen LogP contribution >= 0.6 is 0 Å². The summed E-state index contributed by atoms with van der Waals surface area (Å²) in [7, 11) is 6.80. The van der Waals surface area contributed by atoms with Gasteiger partial charge >= 0.3 is 11.1 Å². The quantitative estimate of drug-likeness (QED) is 0.726. The molecule has 1 amide bonds. The fourth-order valence-corrected chi connectivity index (χ4v) is 2.86. The van der Waals surface area contributed by atoms with Crippen LogP contribution in [0.1, 0.15) is 10.4 Å². The molecule has 0 aliphatic heterocycles. The number of amides is 1. The number of hydrogen-bond donors (Lipinski definition) is 1. The molecule has 3 aromatic rings. The minimum absolute atomic E-state index is 0.247. The molecule has 0 aliphatic rings. The molecule has 1 heterocycles. The van der Waals surface area contributed by atoms with Gasteiger partial charge in [0, 0.05) is 33.8 Å². The van der Waals surface area contributed by atoms with Crippen molar-refractivity contribution in [1.29, 1.82) is 0 Å². The summed E-state index contributed by atoms with van der Waals surface area (Å²) in [6.45, 7) is 0. The van der Waals surface area contributed by atoms with Crippen LogP contribution in [0.4, 0.5) is 11.4 Å². The van der Waals surface area contributed by atoms with Crippen molar-refractivity contribution in [3.8, 4) is 0 Å². The van der Waals surface area contributed by atoms with Crippen molar-refractivity contribution >= 4 is 28.3 Å². The standard InChI is InChI=1S/C19H20N4O3/c1-21(2)14-11-16-15(22(3)18(25)19(26)23(16)4)10-13(14)20-17(24)12-8-6-5-7-9-12/h5-11H,1-4H3,(H,20,24). The lowest BCUT2D eigenvalue weighted by Gasteiger charge is -2.20. The smallest absolute Gasteiger partial charge is 0.316 e. The van der Waals surface area contributed by atoms with Crippen LogP contribution in [0.2, 0.25) is 0 Å². The van der Waals surface area contributed by atoms with Crippen LogP contribution < -0.4 is 21.3 Å². The molecule has 0 spiro atoms. The third-order valence-corrected chi connectivity index (χ3v) is 4.37. The SMILES string of the molecule is CN(C)c1cc2c(cc1NC(=O)c1ccccc1)n(C)c(=O)c(=O)n2C. The number of anilines is 2. The summed E-state index contributed by atoms with van der Waals surface area (Å²) in [5, 5.41) is 2.90. The molecule has 0 unspecified atom stereocenters. The Hall–Kier alpha value is -3.35. The minimum Gasteiger partial charge on any atom is -0.376 e. The van der Waals surface area contributed by atoms with Gasteiger partial charge < -0.3 is 19.4 Å². The first-order valence-corrected chi connectivity index (χ1v) is 8.08. The molecule has 7 nitrogen and oxygen atoms in total. The first-order valence-electron chi connectivity index (χ1n) is 8.08. The van der Waals surface area contributed by atoms with Crippen molar-refractivity contribution in [3.63, 3.8) is 0 Å². The van der Waals surface area contributed by atoms with E-state index < -0.39 is 11.1 Å². The average molecular weight is 352 g/mol. The number of aryl methyl sites for hydroxylation is 2. The first kappa shape index (κ1) is 17.5. The number of fused-ring (bicyclic) bond motifs is 1. The van der Waals surface area contributed by atoms with Gasteiger partial charge in [0.05, 0.1) is 22.4 Å². The number of carbonyl (C=O) groups excluding carboxylic acids is 1. The summed E-state index contributed by atoms with van der Waals surface area (Å²) >= 11 is 0. The van der Waals surface area contributed by atoms with Gasteiger partial charge in [0.2, 0.25) is 0 Å². The molecule has 0 bridgehead atoms. The van der Waals surface area contributed by atoms with E-state index in [4.69, 9.17) is 0 Å². The van der Waals surface area contributed by atoms with Gasteiger partial charge in [0.1, 0.15) is 0 Å². The molecule has 134 valence electrons. The van der Waals surface area contributed by atoms with E-state index in [2.05, 4.69) is 5.32 Å². The van der Waals surface area contributed by atoms with E-state index in [9.17, 15) is 14.4 Å². The summed E-state index contributed by atoms with van der Waals surface area (Å²) in [6, 6.07) is 12.4. The lowest BCUT2D eigenvalue weighted by molar-refractivity contribution is 0.102. The topological polar surface area (TPSA) is 76.3 Å². The van der Waals surface area contributed by atoms with E-state index in [0.29, 0.717) is 22.3 Å². The van der Waals surface area contributed by atoms with Gasteiger partial charge in [0.15, 0.2) is 0 Å². The molecular weight excluding hydrogens is 332 g/mol. The number of carbonyl (C=O) groups is 1. The zero-order chi connectivity index (χ0) is 19.0. The van der Waals surface area contributed by atoms with Gasteiger partial charge in [0.25, 0.3) is 5.91 Å². The third-order valence-electron chi connectivity index (χ3n) is 4.37. The molecule has 0 aliphatic carbocycles. The number of nitrogens with one attached hydrogen (secondary N) is 1. The van der Waals surface area contributed by atoms with Crippen LogP contribution in [-0.4, -0.2) is 29.1 Å². The number of hydrogen-bond acceptors (Lipinski definition) is 4. The third kappa shape index (κ3) is 2.88. The molecule has 0 fully saturated rings. The van der Waals surface area contributed by atoms with Crippen molar-refractivity contribution in [2.24, 2.45) is 14.1 Å². The summed E-state index contributed by atoms with van der Waals surface area (Å²) in [5.74, 6) is -0.247. The number of nitrogens with zero attached hydrogens (tertiary/aromatic N) is 3. The molecule has 0 radical (unpaired) electrons. The summed E-state index contributed by atoms with van der Waals surface area (Å²) in [6.07, 6.45) is 0. The molecule has 3 rings (SSSR count). The van der Waals surface area contributed by atoms with Gasteiger partial charge in [-0.05, 0) is 24.3 Å². The molecule has 7 heteroatoms. The van der Waals surface area contributed by atoms with Crippen molar-refractivity contribution in [2.45, 2.75) is 0 Å². The first-order chi connectivity index (χ1) is 12.3. The Bertz CT molecular complexity index is 1110. The van der Waals surface area contributed by atoms with Crippen molar-refractivity contribution in [3.05, 3.63) is 68.7 Å². The maximum Gasteiger partial charge on any atom is 0.316 e. The second kappa shape index (κ2) is 6.51. The predicted molar refractivity (Wildman–Crippen MR) is 103 cm³/mol. The Labute approximate surface area is 150 Å². The largest absolute Gasteiger partial charge is 0.376 e. The maximum absolute atomic E-state index is 12.5. The van der Waals surface area contributed by atoms with E-state index in [-0.39, 0.29) is 5.91 Å². The second-order valence-corrected chi connectivity index (χ2v) is 6.30. The van der Waals surface area contributed by atoms with Gasteiger partial charge in [-0.15, -0.1) is 0 Å². The highest BCUT2D eigenvalue weighted by Crippen LogP contribution is 2.29. The summed E-state index contributed by atoms with van der Waals surface area (Å²) in [5.41, 5.74) is 1.79. The van der Waals surface area contributed by atoms with Gasteiger partial charge in [-0.1, -0.05) is 18.2 Å². The molecular formula is C19H20N4O3. The summed E-state index contributed by atoms with van der Waals surface area (Å²) in [4.78, 5) is 38.6. The molecule has 1 N–H and O–H groups in total. The molecule has 0 saturated heterocycles. The van der Waals surface area contributed by atoms with E-state index in [1.807, 2.05) is 25.1 Å². The van der Waals surface area contributed by atoms with Crippen molar-refractivity contribution < 1.29 is 4.79 Å². The number of aromatic nitrogens is 2. The molecule has 2 aromatic carbocycles. The zero-order valence-electron chi connectivity index (χ0n) is 15.1. The zero-order valence-corrected chi connectivity index (χ0v) is 15.1. The predicted octanol–water partition coefficient (Wildman–Crippen LogP) is 1.56. The van der Waals surface area contributed by atoms with E-state index in [1.54, 1.807) is 50.5 Å². The van der Waals surface area contributed by atoms with E-state index in [1.165, 1.54) is 9.13 Å². The highest BCUT2D eigenvalue weighted by atomic mass is 16.2. The highest BCUT2D eigenvalue weighted by molar-refractivity contribution is 6.07. The summed E-state index contributed by atoms with van der Waals surface area (Å²) < 4.78 is 2.63. The Balaban J connectivity index is 2.21. The van der Waals surface area contributed by atoms with Crippen molar-refractivity contribution in [2.75, 3.05) is 24.3 Å². The fraction of sp³-hybridized carbons (Fsp3) is 0.211. The van der Waals surface area contributed by atoms with Crippen LogP contribution in [-0.2, 0) is 14.1 Å². The number of benzene rings is 2. The van der Waals surface area contributed by atoms with Crippen LogP contribution in [0.25, 0.3) is 11.0 Å². The Kier molecular flexibility index (Phi) is 4.38. The molecule has 0 atom stereocenters. The average Bonchev–Trinajstić information content (AvgIpc) is 2.64. The minimum atomic E-state index is -0.613. The highest BCUT2D eigenvalue weighted by Gasteiger charge is 2.16. The van der Waals surface area contributed by atoms with Crippen LogP contribution in [0.15, 0.2) is 52.1 Å². The Morgan fingerprint density at radius 1 is 0.923 bits per heavy atom. The van der Waals surface area contributed by atoms with Gasteiger partial charge in [-0.2, -0.15) is 0 Å². The molecule has 26 heavy (non-hydrogen) atoms. The van der Waals surface area contributed by atoms with E-state index >= 15 is 0 Å². The van der Waals surface area contributed by atoms with Crippen LogP contribution in [0.5, 0.6) is 0 Å². The van der Waals surface area contributed by atoms with Gasteiger partial charge in [-0.25, -0.2) is 0 Å². The molecule has 0 saturated carbocycles. The second-order valence-electron chi connectivity index (χ2n) is 6.30. The monoisotopic (exact) mass is 352 g/mol. The van der Waals surface area contributed by atoms with Crippen LogP contribution in [0.3, 0.4) is 0 Å². The Morgan fingerprint density at radius 3 is 2.00 bits per heavy atom. The fourth-order valence-electron chi connectivity index (χ4n) is 2.86. The van der Waals surface area contributed by atoms with E-state index in [0.717, 1.165) is 5.69 Å². The van der Waals surface area contributed by atoms with Crippen LogP contribution in [0, 0.1) is 0 Å². The normalized spacial score (nSPS) is 10.8. The van der Waals surface area contributed by atoms with Gasteiger partial charge in [-0.3, -0.25) is 14.4 Å².